The lowest BCUT2D eigenvalue weighted by Gasteiger charge is -2.02. The third-order valence-electron chi connectivity index (χ3n) is 1.93. The van der Waals surface area contributed by atoms with E-state index in [0.29, 0.717) is 11.3 Å². The number of benzene rings is 1. The zero-order chi connectivity index (χ0) is 9.97. The van der Waals surface area contributed by atoms with Crippen LogP contribution in [-0.2, 0) is 0 Å². The summed E-state index contributed by atoms with van der Waals surface area (Å²) in [5.74, 6) is 0.301. The van der Waals surface area contributed by atoms with Crippen LogP contribution in [0.15, 0.2) is 42.6 Å². The van der Waals surface area contributed by atoms with Gasteiger partial charge in [-0.05, 0) is 24.3 Å². The van der Waals surface area contributed by atoms with E-state index < -0.39 is 0 Å². The predicted molar refractivity (Wildman–Crippen MR) is 53.0 cm³/mol. The van der Waals surface area contributed by atoms with Crippen LogP contribution in [0.5, 0.6) is 11.5 Å². The van der Waals surface area contributed by atoms with E-state index in [1.165, 1.54) is 12.3 Å². The SMILES string of the molecule is Oc1ccc(-c2ccccc2O)nc1. The molecule has 0 radical (unpaired) electrons. The Hall–Kier alpha value is -2.03. The molecule has 0 aliphatic carbocycles. The molecule has 2 aromatic rings. The van der Waals surface area contributed by atoms with Crippen molar-refractivity contribution in [2.45, 2.75) is 0 Å². The molecule has 14 heavy (non-hydrogen) atoms. The van der Waals surface area contributed by atoms with Gasteiger partial charge in [-0.15, -0.1) is 0 Å². The molecule has 0 saturated carbocycles. The minimum Gasteiger partial charge on any atom is -0.507 e. The molecule has 0 aliphatic heterocycles. The number of hydrogen-bond donors (Lipinski definition) is 2. The van der Waals surface area contributed by atoms with E-state index in [1.54, 1.807) is 24.3 Å². The first-order chi connectivity index (χ1) is 6.77. The summed E-state index contributed by atoms with van der Waals surface area (Å²) < 4.78 is 0. The summed E-state index contributed by atoms with van der Waals surface area (Å²) in [5.41, 5.74) is 1.30. The molecule has 1 aromatic heterocycles. The zero-order valence-corrected chi connectivity index (χ0v) is 7.38. The maximum atomic E-state index is 9.53. The number of aromatic hydroxyl groups is 2. The van der Waals surface area contributed by atoms with Gasteiger partial charge in [-0.1, -0.05) is 12.1 Å². The summed E-state index contributed by atoms with van der Waals surface area (Å²) >= 11 is 0. The smallest absolute Gasteiger partial charge is 0.133 e. The average Bonchev–Trinajstić information content (AvgIpc) is 2.20. The van der Waals surface area contributed by atoms with Crippen molar-refractivity contribution in [3.05, 3.63) is 42.6 Å². The normalized spacial score (nSPS) is 10.0. The fourth-order valence-corrected chi connectivity index (χ4v) is 1.24. The van der Waals surface area contributed by atoms with Gasteiger partial charge in [0.15, 0.2) is 0 Å². The quantitative estimate of drug-likeness (QED) is 0.719. The second-order valence-corrected chi connectivity index (χ2v) is 2.92. The molecule has 0 bridgehead atoms. The van der Waals surface area contributed by atoms with Gasteiger partial charge < -0.3 is 10.2 Å². The van der Waals surface area contributed by atoms with Crippen LogP contribution in [0, 0.1) is 0 Å². The van der Waals surface area contributed by atoms with Crippen LogP contribution in [0.3, 0.4) is 0 Å². The van der Waals surface area contributed by atoms with Gasteiger partial charge in [0.1, 0.15) is 11.5 Å². The summed E-state index contributed by atoms with van der Waals surface area (Å²) in [5, 5.41) is 18.6. The highest BCUT2D eigenvalue weighted by Crippen LogP contribution is 2.27. The number of rotatable bonds is 1. The van der Waals surface area contributed by atoms with Gasteiger partial charge >= 0.3 is 0 Å². The van der Waals surface area contributed by atoms with Gasteiger partial charge in [0.25, 0.3) is 0 Å². The van der Waals surface area contributed by atoms with E-state index in [0.717, 1.165) is 0 Å². The van der Waals surface area contributed by atoms with Gasteiger partial charge in [-0.3, -0.25) is 4.98 Å². The van der Waals surface area contributed by atoms with Gasteiger partial charge in [-0.25, -0.2) is 0 Å². The average molecular weight is 187 g/mol. The summed E-state index contributed by atoms with van der Waals surface area (Å²) in [6.45, 7) is 0. The highest BCUT2D eigenvalue weighted by atomic mass is 16.3. The third-order valence-corrected chi connectivity index (χ3v) is 1.93. The van der Waals surface area contributed by atoms with Crippen LogP contribution in [-0.4, -0.2) is 15.2 Å². The molecule has 2 N–H and O–H groups in total. The molecule has 3 nitrogen and oxygen atoms in total. The van der Waals surface area contributed by atoms with E-state index in [4.69, 9.17) is 5.11 Å². The molecule has 0 fully saturated rings. The van der Waals surface area contributed by atoms with Crippen LogP contribution in [0.2, 0.25) is 0 Å². The minimum absolute atomic E-state index is 0.115. The molecular formula is C11H9NO2. The van der Waals surface area contributed by atoms with E-state index in [2.05, 4.69) is 4.98 Å². The van der Waals surface area contributed by atoms with Crippen LogP contribution >= 0.6 is 0 Å². The molecule has 70 valence electrons. The number of aromatic nitrogens is 1. The molecule has 0 spiro atoms. The van der Waals surface area contributed by atoms with Crippen LogP contribution in [0.1, 0.15) is 0 Å². The molecule has 0 aliphatic rings. The van der Waals surface area contributed by atoms with E-state index >= 15 is 0 Å². The van der Waals surface area contributed by atoms with Crippen molar-refractivity contribution in [3.8, 4) is 22.8 Å². The Balaban J connectivity index is 2.50. The lowest BCUT2D eigenvalue weighted by atomic mass is 10.1. The monoisotopic (exact) mass is 187 g/mol. The fraction of sp³-hybridized carbons (Fsp3) is 0. The maximum Gasteiger partial charge on any atom is 0.133 e. The first-order valence-electron chi connectivity index (χ1n) is 4.21. The Morgan fingerprint density at radius 1 is 0.929 bits per heavy atom. The lowest BCUT2D eigenvalue weighted by molar-refractivity contribution is 0.471. The Morgan fingerprint density at radius 3 is 2.36 bits per heavy atom. The second-order valence-electron chi connectivity index (χ2n) is 2.92. The molecule has 0 amide bonds. The first kappa shape index (κ1) is 8.56. The maximum absolute atomic E-state index is 9.53. The largest absolute Gasteiger partial charge is 0.507 e. The summed E-state index contributed by atoms with van der Waals surface area (Å²) in [6.07, 6.45) is 1.35. The summed E-state index contributed by atoms with van der Waals surface area (Å²) in [7, 11) is 0. The fourth-order valence-electron chi connectivity index (χ4n) is 1.24. The summed E-state index contributed by atoms with van der Waals surface area (Å²) in [4.78, 5) is 4.00. The van der Waals surface area contributed by atoms with Crippen molar-refractivity contribution in [2.24, 2.45) is 0 Å². The zero-order valence-electron chi connectivity index (χ0n) is 7.38. The molecule has 0 atom stereocenters. The van der Waals surface area contributed by atoms with Crippen LogP contribution in [0.25, 0.3) is 11.3 Å². The van der Waals surface area contributed by atoms with Crippen molar-refractivity contribution < 1.29 is 10.2 Å². The number of pyridine rings is 1. The molecular weight excluding hydrogens is 178 g/mol. The Labute approximate surface area is 81.3 Å². The standard InChI is InChI=1S/C11H9NO2/c13-8-5-6-10(12-7-8)9-3-1-2-4-11(9)14/h1-7,13-14H. The van der Waals surface area contributed by atoms with Crippen molar-refractivity contribution >= 4 is 0 Å². The molecule has 0 unspecified atom stereocenters. The van der Waals surface area contributed by atoms with E-state index in [9.17, 15) is 5.11 Å². The molecule has 2 rings (SSSR count). The van der Waals surface area contributed by atoms with Gasteiger partial charge in [0.05, 0.1) is 11.9 Å². The predicted octanol–water partition coefficient (Wildman–Crippen LogP) is 2.16. The van der Waals surface area contributed by atoms with Crippen LogP contribution < -0.4 is 0 Å². The number of para-hydroxylation sites is 1. The highest BCUT2D eigenvalue weighted by Gasteiger charge is 2.03. The van der Waals surface area contributed by atoms with E-state index in [1.807, 2.05) is 6.07 Å². The van der Waals surface area contributed by atoms with Crippen molar-refractivity contribution in [2.75, 3.05) is 0 Å². The molecule has 1 heterocycles. The molecule has 3 heteroatoms. The Kier molecular flexibility index (Phi) is 2.07. The van der Waals surface area contributed by atoms with Crippen molar-refractivity contribution in [3.63, 3.8) is 0 Å². The van der Waals surface area contributed by atoms with Crippen molar-refractivity contribution in [1.29, 1.82) is 0 Å². The molecule has 0 saturated heterocycles. The van der Waals surface area contributed by atoms with Gasteiger partial charge in [0, 0.05) is 5.56 Å². The number of phenols is 1. The Bertz CT molecular complexity index is 437. The first-order valence-corrected chi connectivity index (χ1v) is 4.21. The number of phenolic OH excluding ortho intramolecular Hbond substituents is 1. The lowest BCUT2D eigenvalue weighted by Crippen LogP contribution is -1.82. The second kappa shape index (κ2) is 3.38. The third kappa shape index (κ3) is 1.52. The van der Waals surface area contributed by atoms with Gasteiger partial charge in [0.2, 0.25) is 0 Å². The van der Waals surface area contributed by atoms with E-state index in [-0.39, 0.29) is 11.5 Å². The van der Waals surface area contributed by atoms with Crippen molar-refractivity contribution in [1.82, 2.24) is 4.98 Å². The highest BCUT2D eigenvalue weighted by molar-refractivity contribution is 5.66. The van der Waals surface area contributed by atoms with Crippen LogP contribution in [0.4, 0.5) is 0 Å². The number of nitrogens with zero attached hydrogens (tertiary/aromatic N) is 1. The Morgan fingerprint density at radius 2 is 1.71 bits per heavy atom. The number of hydrogen-bond acceptors (Lipinski definition) is 3. The van der Waals surface area contributed by atoms with Gasteiger partial charge in [-0.2, -0.15) is 0 Å². The summed E-state index contributed by atoms with van der Waals surface area (Å²) in [6, 6.07) is 10.1. The molecule has 1 aromatic carbocycles. The minimum atomic E-state index is 0.115. The topological polar surface area (TPSA) is 53.4 Å².